The minimum atomic E-state index is -0.420. The lowest BCUT2D eigenvalue weighted by molar-refractivity contribution is 0.618. The first-order valence-electron chi connectivity index (χ1n) is 5.10. The summed E-state index contributed by atoms with van der Waals surface area (Å²) in [4.78, 5) is 1.01. The van der Waals surface area contributed by atoms with Crippen LogP contribution in [-0.4, -0.2) is 7.05 Å². The average molecular weight is 369 g/mol. The average Bonchev–Trinajstić information content (AvgIpc) is 2.65. The lowest BCUT2D eigenvalue weighted by atomic mass is 10.1. The van der Waals surface area contributed by atoms with E-state index in [9.17, 15) is 4.39 Å². The van der Waals surface area contributed by atoms with E-state index in [0.717, 1.165) is 14.2 Å². The number of halogens is 4. The Labute approximate surface area is 127 Å². The van der Waals surface area contributed by atoms with Gasteiger partial charge in [-0.1, -0.05) is 29.3 Å². The summed E-state index contributed by atoms with van der Waals surface area (Å²) < 4.78 is 14.4. The zero-order valence-corrected chi connectivity index (χ0v) is 13.2. The Morgan fingerprint density at radius 2 is 2.00 bits per heavy atom. The zero-order chi connectivity index (χ0) is 13.3. The number of hydrogen-bond acceptors (Lipinski definition) is 2. The molecule has 0 aliphatic rings. The second kappa shape index (κ2) is 5.88. The number of rotatable bonds is 3. The van der Waals surface area contributed by atoms with E-state index < -0.39 is 5.82 Å². The summed E-state index contributed by atoms with van der Waals surface area (Å²) in [7, 11) is 1.82. The molecule has 18 heavy (non-hydrogen) atoms. The predicted molar refractivity (Wildman–Crippen MR) is 79.3 cm³/mol. The molecule has 1 heterocycles. The van der Waals surface area contributed by atoms with Crippen molar-refractivity contribution < 1.29 is 4.39 Å². The summed E-state index contributed by atoms with van der Waals surface area (Å²) in [6, 6.07) is 6.55. The van der Waals surface area contributed by atoms with Crippen molar-refractivity contribution in [2.24, 2.45) is 0 Å². The second-order valence-corrected chi connectivity index (χ2v) is 6.88. The van der Waals surface area contributed by atoms with Gasteiger partial charge in [0.05, 0.1) is 19.9 Å². The summed E-state index contributed by atoms with van der Waals surface area (Å²) in [5.74, 6) is -0.420. The molecule has 0 amide bonds. The van der Waals surface area contributed by atoms with Crippen molar-refractivity contribution in [1.82, 2.24) is 5.32 Å². The molecular weight excluding hydrogens is 360 g/mol. The molecule has 0 radical (unpaired) electrons. The van der Waals surface area contributed by atoms with Gasteiger partial charge in [-0.25, -0.2) is 4.39 Å². The van der Waals surface area contributed by atoms with Crippen molar-refractivity contribution in [2.75, 3.05) is 7.05 Å². The Bertz CT molecular complexity index is 554. The highest BCUT2D eigenvalue weighted by Crippen LogP contribution is 2.37. The number of benzene rings is 1. The van der Waals surface area contributed by atoms with E-state index in [1.54, 1.807) is 12.1 Å². The fourth-order valence-electron chi connectivity index (χ4n) is 1.67. The lowest BCUT2D eigenvalue weighted by Gasteiger charge is -2.15. The SMILES string of the molecule is CNC(c1ccc(Cl)c(F)c1)c1cc(Cl)c(Br)s1. The van der Waals surface area contributed by atoms with E-state index in [1.807, 2.05) is 13.1 Å². The second-order valence-electron chi connectivity index (χ2n) is 3.67. The van der Waals surface area contributed by atoms with Crippen molar-refractivity contribution in [1.29, 1.82) is 0 Å². The van der Waals surface area contributed by atoms with E-state index in [-0.39, 0.29) is 11.1 Å². The largest absolute Gasteiger partial charge is 0.309 e. The quantitative estimate of drug-likeness (QED) is 0.778. The van der Waals surface area contributed by atoms with Gasteiger partial charge in [0, 0.05) is 4.88 Å². The third-order valence-corrected chi connectivity index (χ3v) is 5.36. The zero-order valence-electron chi connectivity index (χ0n) is 9.31. The van der Waals surface area contributed by atoms with Crippen LogP contribution in [0.5, 0.6) is 0 Å². The molecule has 0 saturated carbocycles. The van der Waals surface area contributed by atoms with Gasteiger partial charge in [-0.3, -0.25) is 0 Å². The first-order valence-corrected chi connectivity index (χ1v) is 7.46. The van der Waals surface area contributed by atoms with Gasteiger partial charge in [0.25, 0.3) is 0 Å². The molecule has 1 aromatic heterocycles. The lowest BCUT2D eigenvalue weighted by Crippen LogP contribution is -2.16. The van der Waals surface area contributed by atoms with Crippen LogP contribution in [0.3, 0.4) is 0 Å². The highest BCUT2D eigenvalue weighted by molar-refractivity contribution is 9.11. The number of nitrogens with one attached hydrogen (secondary N) is 1. The standard InChI is InChI=1S/C12H9BrCl2FNS/c1-17-11(10-5-8(15)12(13)18-10)6-2-3-7(14)9(16)4-6/h2-5,11,17H,1H3. The summed E-state index contributed by atoms with van der Waals surface area (Å²) in [6.45, 7) is 0. The van der Waals surface area contributed by atoms with Gasteiger partial charge < -0.3 is 5.32 Å². The van der Waals surface area contributed by atoms with Crippen molar-refractivity contribution in [3.05, 3.63) is 54.4 Å². The van der Waals surface area contributed by atoms with E-state index in [0.29, 0.717) is 5.02 Å². The Kier molecular flexibility index (Phi) is 4.67. The third kappa shape index (κ3) is 2.89. The molecule has 1 atom stereocenters. The van der Waals surface area contributed by atoms with Crippen molar-refractivity contribution in [3.63, 3.8) is 0 Å². The summed E-state index contributed by atoms with van der Waals surface area (Å²) >= 11 is 16.6. The van der Waals surface area contributed by atoms with Crippen LogP contribution in [0.25, 0.3) is 0 Å². The molecule has 96 valence electrons. The fourth-order valence-corrected chi connectivity index (χ4v) is 3.67. The molecular formula is C12H9BrCl2FNS. The van der Waals surface area contributed by atoms with Crippen molar-refractivity contribution in [3.8, 4) is 0 Å². The summed E-state index contributed by atoms with van der Waals surface area (Å²) in [5, 5.41) is 3.92. The molecule has 1 unspecified atom stereocenters. The first-order chi connectivity index (χ1) is 8.52. The molecule has 2 rings (SSSR count). The smallest absolute Gasteiger partial charge is 0.142 e. The van der Waals surface area contributed by atoms with E-state index in [1.165, 1.54) is 17.4 Å². The maximum atomic E-state index is 13.5. The van der Waals surface area contributed by atoms with Gasteiger partial charge in [0.2, 0.25) is 0 Å². The highest BCUT2D eigenvalue weighted by Gasteiger charge is 2.17. The summed E-state index contributed by atoms with van der Waals surface area (Å²) in [5.41, 5.74) is 0.810. The molecule has 0 aliphatic heterocycles. The minimum Gasteiger partial charge on any atom is -0.309 e. The molecule has 0 spiro atoms. The topological polar surface area (TPSA) is 12.0 Å². The van der Waals surface area contributed by atoms with Crippen LogP contribution in [0.1, 0.15) is 16.5 Å². The molecule has 2 aromatic rings. The predicted octanol–water partition coefficient (Wildman–Crippen LogP) is 5.27. The van der Waals surface area contributed by atoms with Crippen molar-refractivity contribution >= 4 is 50.5 Å². The molecule has 0 fully saturated rings. The highest BCUT2D eigenvalue weighted by atomic mass is 79.9. The molecule has 0 saturated heterocycles. The Hall–Kier alpha value is -0.130. The van der Waals surface area contributed by atoms with E-state index in [4.69, 9.17) is 23.2 Å². The van der Waals surface area contributed by atoms with Crippen LogP contribution in [0, 0.1) is 5.82 Å². The molecule has 1 nitrogen and oxygen atoms in total. The molecule has 6 heteroatoms. The van der Waals surface area contributed by atoms with Gasteiger partial charge in [-0.2, -0.15) is 0 Å². The van der Waals surface area contributed by atoms with Crippen LogP contribution in [0.4, 0.5) is 4.39 Å². The van der Waals surface area contributed by atoms with Gasteiger partial charge in [-0.15, -0.1) is 11.3 Å². The normalized spacial score (nSPS) is 12.7. The van der Waals surface area contributed by atoms with Crippen molar-refractivity contribution in [2.45, 2.75) is 6.04 Å². The number of thiophene rings is 1. The Balaban J connectivity index is 2.41. The Morgan fingerprint density at radius 3 is 2.50 bits per heavy atom. The van der Waals surface area contributed by atoms with Crippen LogP contribution in [-0.2, 0) is 0 Å². The summed E-state index contributed by atoms with van der Waals surface area (Å²) in [6.07, 6.45) is 0. The van der Waals surface area contributed by atoms with Crippen LogP contribution in [0.15, 0.2) is 28.1 Å². The maximum absolute atomic E-state index is 13.5. The first kappa shape index (κ1) is 14.3. The van der Waals surface area contributed by atoms with Gasteiger partial charge in [0.1, 0.15) is 5.82 Å². The fraction of sp³-hybridized carbons (Fsp3) is 0.167. The van der Waals surface area contributed by atoms with Crippen LogP contribution < -0.4 is 5.32 Å². The van der Waals surface area contributed by atoms with E-state index in [2.05, 4.69) is 21.2 Å². The molecule has 0 aliphatic carbocycles. The van der Waals surface area contributed by atoms with Gasteiger partial charge >= 0.3 is 0 Å². The third-order valence-electron chi connectivity index (χ3n) is 2.51. The van der Waals surface area contributed by atoms with Gasteiger partial charge in [-0.05, 0) is 46.7 Å². The molecule has 1 N–H and O–H groups in total. The monoisotopic (exact) mass is 367 g/mol. The minimum absolute atomic E-state index is 0.106. The molecule has 1 aromatic carbocycles. The van der Waals surface area contributed by atoms with Crippen LogP contribution >= 0.6 is 50.5 Å². The maximum Gasteiger partial charge on any atom is 0.142 e. The van der Waals surface area contributed by atoms with E-state index >= 15 is 0 Å². The number of hydrogen-bond donors (Lipinski definition) is 1. The van der Waals surface area contributed by atoms with Crippen LogP contribution in [0.2, 0.25) is 10.0 Å². The van der Waals surface area contributed by atoms with Gasteiger partial charge in [0.15, 0.2) is 0 Å². The molecule has 0 bridgehead atoms. The Morgan fingerprint density at radius 1 is 1.28 bits per heavy atom.